The summed E-state index contributed by atoms with van der Waals surface area (Å²) in [6.45, 7) is 17.9. The van der Waals surface area contributed by atoms with Crippen LogP contribution in [-0.2, 0) is 10.8 Å². The van der Waals surface area contributed by atoms with E-state index in [1.807, 2.05) is 0 Å². The van der Waals surface area contributed by atoms with Crippen LogP contribution in [0.15, 0.2) is 389 Å². The second-order valence-corrected chi connectivity index (χ2v) is 33.7. The molecule has 0 saturated carbocycles. The average molecular weight is 1520 g/mol. The average Bonchev–Trinajstić information content (AvgIpc) is 1.58. The maximum Gasteiger partial charge on any atom is 0.0548 e. The van der Waals surface area contributed by atoms with Gasteiger partial charge in [0.1, 0.15) is 0 Å². The molecule has 0 aliphatic carbocycles. The first-order chi connectivity index (χ1) is 57.6. The standard InChI is InChI=1S/C58H50N4.C52H38N4/c1-57(2,3)40-20-24-43(25-21-40)60(47-32-33-54-50(37-47)48-16-10-12-18-52(48)61(54)45-26-22-41(23-27-45)58(4,5)6)44-28-30-46(31-29-44)62-53-19-13-11-17-49(53)51-38-55-39(36-56(51)62)34-35-59(55)42-14-8-7-9-15-42;1-35-19-23-39(24-20-35)54(43-27-28-50-46(33-43)44-15-6-8-17-48(44)55(50)40-25-21-36(2)22-26-40)41-13-10-14-42(32-41)56-49-18-9-7-16-45(49)47-34-51-37(31-52(47)56)29-30-53(51)38-11-4-3-5-12-38/h7-38H,1-6H3;3-34H,1-2H3. The quantitative estimate of drug-likeness (QED) is 0.122. The molecular formula is C110H88N8. The van der Waals surface area contributed by atoms with Crippen LogP contribution in [0.3, 0.4) is 0 Å². The molecule has 0 spiro atoms. The molecule has 0 saturated heterocycles. The molecule has 568 valence electrons. The van der Waals surface area contributed by atoms with E-state index >= 15 is 0 Å². The van der Waals surface area contributed by atoms with Gasteiger partial charge in [-0.3, -0.25) is 0 Å². The van der Waals surface area contributed by atoms with Crippen molar-refractivity contribution in [3.05, 3.63) is 411 Å². The molecule has 0 radical (unpaired) electrons. The van der Waals surface area contributed by atoms with Gasteiger partial charge in [-0.05, 0) is 248 Å². The van der Waals surface area contributed by atoms with E-state index < -0.39 is 0 Å². The molecule has 8 nitrogen and oxygen atoms in total. The zero-order chi connectivity index (χ0) is 79.7. The minimum absolute atomic E-state index is 0.0505. The van der Waals surface area contributed by atoms with Gasteiger partial charge >= 0.3 is 0 Å². The fourth-order valence-electron chi connectivity index (χ4n) is 18.2. The number of nitrogens with zero attached hydrogens (tertiary/aromatic N) is 8. The van der Waals surface area contributed by atoms with Gasteiger partial charge in [0.25, 0.3) is 0 Å². The third-order valence-electron chi connectivity index (χ3n) is 24.1. The van der Waals surface area contributed by atoms with E-state index in [0.717, 1.165) is 62.6 Å². The third kappa shape index (κ3) is 12.2. The van der Waals surface area contributed by atoms with Crippen molar-refractivity contribution in [2.24, 2.45) is 0 Å². The molecule has 118 heavy (non-hydrogen) atoms. The van der Waals surface area contributed by atoms with E-state index in [1.165, 1.54) is 137 Å². The van der Waals surface area contributed by atoms with Crippen LogP contribution >= 0.6 is 0 Å². The Labute approximate surface area is 687 Å². The zero-order valence-electron chi connectivity index (χ0n) is 67.5. The van der Waals surface area contributed by atoms with Gasteiger partial charge in [-0.2, -0.15) is 0 Å². The topological polar surface area (TPSA) is 36.1 Å². The van der Waals surface area contributed by atoms with Gasteiger partial charge in [0.15, 0.2) is 0 Å². The number of hydrogen-bond acceptors (Lipinski definition) is 2. The van der Waals surface area contributed by atoms with Gasteiger partial charge in [-0.25, -0.2) is 0 Å². The van der Waals surface area contributed by atoms with Crippen LogP contribution in [0.25, 0.3) is 143 Å². The first kappa shape index (κ1) is 71.2. The predicted molar refractivity (Wildman–Crippen MR) is 500 cm³/mol. The minimum Gasteiger partial charge on any atom is -0.317 e. The molecule has 0 fully saturated rings. The molecule has 0 bridgehead atoms. The third-order valence-corrected chi connectivity index (χ3v) is 24.1. The van der Waals surface area contributed by atoms with Crippen LogP contribution < -0.4 is 9.80 Å². The van der Waals surface area contributed by atoms with Gasteiger partial charge < -0.3 is 37.2 Å². The normalized spacial score (nSPS) is 12.1. The first-order valence-electron chi connectivity index (χ1n) is 41.0. The van der Waals surface area contributed by atoms with Crippen molar-refractivity contribution in [3.8, 4) is 34.1 Å². The van der Waals surface area contributed by atoms with E-state index in [9.17, 15) is 0 Å². The SMILES string of the molecule is CC(C)(C)c1ccc(N(c2ccc(-n3c4ccccc4c4cc5c(ccn5-c5ccccc5)cc43)cc2)c2ccc3c(c2)c2ccccc2n3-c2ccc(C(C)(C)C)cc2)cc1.Cc1ccc(N(c2cccc(-n3c4ccccc4c4cc5c(ccn5-c5ccccc5)cc43)c2)c2ccc3c(c2)c2ccccc2n3-c2ccc(C)cc2)cc1. The molecule has 16 aromatic carbocycles. The van der Waals surface area contributed by atoms with Gasteiger partial charge in [0.05, 0.1) is 55.2 Å². The maximum absolute atomic E-state index is 2.43. The highest BCUT2D eigenvalue weighted by molar-refractivity contribution is 6.16. The van der Waals surface area contributed by atoms with E-state index in [-0.39, 0.29) is 10.8 Å². The molecule has 6 heterocycles. The highest BCUT2D eigenvalue weighted by atomic mass is 15.2. The van der Waals surface area contributed by atoms with Gasteiger partial charge in [0, 0.05) is 135 Å². The van der Waals surface area contributed by atoms with E-state index in [4.69, 9.17) is 0 Å². The van der Waals surface area contributed by atoms with Crippen LogP contribution in [0.2, 0.25) is 0 Å². The Balaban J connectivity index is 0.000000147. The lowest BCUT2D eigenvalue weighted by molar-refractivity contribution is 0.590. The van der Waals surface area contributed by atoms with Crippen molar-refractivity contribution in [2.45, 2.75) is 66.2 Å². The van der Waals surface area contributed by atoms with Gasteiger partial charge in [0.2, 0.25) is 0 Å². The van der Waals surface area contributed by atoms with Crippen molar-refractivity contribution in [1.29, 1.82) is 0 Å². The number of anilines is 6. The number of rotatable bonds is 12. The summed E-state index contributed by atoms with van der Waals surface area (Å²) in [6.07, 6.45) is 4.36. The molecule has 0 unspecified atom stereocenters. The Morgan fingerprint density at radius 2 is 0.492 bits per heavy atom. The molecule has 0 aliphatic heterocycles. The number of fused-ring (bicyclic) bond motifs is 14. The summed E-state index contributed by atoms with van der Waals surface area (Å²) in [6, 6.07) is 138. The molecular weight excluding hydrogens is 1430 g/mol. The number of para-hydroxylation sites is 6. The van der Waals surface area contributed by atoms with Crippen molar-refractivity contribution >= 4 is 143 Å². The van der Waals surface area contributed by atoms with E-state index in [2.05, 4.69) is 481 Å². The second-order valence-electron chi connectivity index (χ2n) is 33.7. The predicted octanol–water partition coefficient (Wildman–Crippen LogP) is 29.8. The van der Waals surface area contributed by atoms with Crippen molar-refractivity contribution in [3.63, 3.8) is 0 Å². The molecule has 0 atom stereocenters. The minimum atomic E-state index is 0.0505. The first-order valence-corrected chi connectivity index (χ1v) is 41.0. The molecule has 0 aliphatic rings. The monoisotopic (exact) mass is 1520 g/mol. The highest BCUT2D eigenvalue weighted by Gasteiger charge is 2.25. The van der Waals surface area contributed by atoms with Gasteiger partial charge in [-0.15, -0.1) is 0 Å². The summed E-state index contributed by atoms with van der Waals surface area (Å²) >= 11 is 0. The van der Waals surface area contributed by atoms with E-state index in [0.29, 0.717) is 0 Å². The Morgan fingerprint density at radius 3 is 0.915 bits per heavy atom. The summed E-state index contributed by atoms with van der Waals surface area (Å²) in [5, 5.41) is 12.3. The van der Waals surface area contributed by atoms with Crippen LogP contribution in [0, 0.1) is 13.8 Å². The molecule has 22 rings (SSSR count). The largest absolute Gasteiger partial charge is 0.317 e. The maximum atomic E-state index is 2.43. The number of aromatic nitrogens is 6. The molecule has 0 amide bonds. The number of benzene rings is 16. The Hall–Kier alpha value is -14.6. The number of aryl methyl sites for hydroxylation is 2. The summed E-state index contributed by atoms with van der Waals surface area (Å²) in [5.41, 5.74) is 30.8. The van der Waals surface area contributed by atoms with Crippen LogP contribution in [0.1, 0.15) is 63.8 Å². The zero-order valence-corrected chi connectivity index (χ0v) is 67.5. The lowest BCUT2D eigenvalue weighted by Gasteiger charge is -2.27. The summed E-state index contributed by atoms with van der Waals surface area (Å²) < 4.78 is 14.2. The summed E-state index contributed by atoms with van der Waals surface area (Å²) in [5.74, 6) is 0. The Morgan fingerprint density at radius 1 is 0.195 bits per heavy atom. The van der Waals surface area contributed by atoms with Crippen molar-refractivity contribution in [2.75, 3.05) is 9.80 Å². The van der Waals surface area contributed by atoms with E-state index in [1.54, 1.807) is 0 Å². The molecule has 0 N–H and O–H groups in total. The fraction of sp³-hybridized carbons (Fsp3) is 0.0909. The van der Waals surface area contributed by atoms with Crippen LogP contribution in [0.5, 0.6) is 0 Å². The highest BCUT2D eigenvalue weighted by Crippen LogP contribution is 2.46. The summed E-state index contributed by atoms with van der Waals surface area (Å²) in [4.78, 5) is 4.80. The smallest absolute Gasteiger partial charge is 0.0548 e. The molecule has 6 aromatic heterocycles. The van der Waals surface area contributed by atoms with Crippen LogP contribution in [-0.4, -0.2) is 27.4 Å². The summed E-state index contributed by atoms with van der Waals surface area (Å²) in [7, 11) is 0. The molecule has 22 aromatic rings. The fourth-order valence-corrected chi connectivity index (χ4v) is 18.2. The molecule has 8 heteroatoms. The van der Waals surface area contributed by atoms with Crippen molar-refractivity contribution < 1.29 is 0 Å². The lowest BCUT2D eigenvalue weighted by atomic mass is 9.87. The van der Waals surface area contributed by atoms with Gasteiger partial charge in [-0.1, -0.05) is 216 Å². The lowest BCUT2D eigenvalue weighted by Crippen LogP contribution is -2.13. The Bertz CT molecular complexity index is 7600. The Kier molecular flexibility index (Phi) is 17.0. The van der Waals surface area contributed by atoms with Crippen LogP contribution in [0.4, 0.5) is 34.1 Å². The number of hydrogen-bond donors (Lipinski definition) is 0. The van der Waals surface area contributed by atoms with Crippen molar-refractivity contribution in [1.82, 2.24) is 27.4 Å². The second kappa shape index (κ2) is 28.1.